The predicted octanol–water partition coefficient (Wildman–Crippen LogP) is 4.51. The second-order valence-electron chi connectivity index (χ2n) is 5.04. The number of hydrogen-bond acceptors (Lipinski definition) is 6. The molecule has 0 aliphatic rings. The number of carbonyl (C=O) groups excluding carboxylic acids is 1. The van der Waals surface area contributed by atoms with Crippen molar-refractivity contribution in [3.63, 3.8) is 0 Å². The third-order valence-corrected chi connectivity index (χ3v) is 5.50. The number of pyridine rings is 2. The Morgan fingerprint density at radius 2 is 2.09 bits per heavy atom. The average molecular weight is 337 g/mol. The second kappa shape index (κ2) is 5.72. The first-order valence-electron chi connectivity index (χ1n) is 6.98. The van der Waals surface area contributed by atoms with Gasteiger partial charge in [-0.3, -0.25) is 9.78 Å². The van der Waals surface area contributed by atoms with Crippen molar-refractivity contribution in [2.75, 3.05) is 0 Å². The van der Waals surface area contributed by atoms with Crippen LogP contribution in [0.1, 0.15) is 15.4 Å². The van der Waals surface area contributed by atoms with Gasteiger partial charge in [-0.05, 0) is 19.1 Å². The van der Waals surface area contributed by atoms with Crippen molar-refractivity contribution in [1.29, 1.82) is 0 Å². The van der Waals surface area contributed by atoms with E-state index in [2.05, 4.69) is 15.0 Å². The van der Waals surface area contributed by atoms with Gasteiger partial charge in [-0.1, -0.05) is 30.0 Å². The van der Waals surface area contributed by atoms with Crippen LogP contribution in [0.15, 0.2) is 52.0 Å². The third-order valence-electron chi connectivity index (χ3n) is 3.45. The Bertz CT molecular complexity index is 1040. The first-order chi connectivity index (χ1) is 11.2. The van der Waals surface area contributed by atoms with Crippen molar-refractivity contribution in [1.82, 2.24) is 15.0 Å². The van der Waals surface area contributed by atoms with Gasteiger partial charge < -0.3 is 0 Å². The van der Waals surface area contributed by atoms with Crippen LogP contribution in [0, 0.1) is 6.92 Å². The fraction of sp³-hybridized carbons (Fsp3) is 0.0588. The molecule has 4 aromatic rings. The molecule has 0 saturated heterocycles. The number of thiazole rings is 1. The number of fused-ring (bicyclic) bond motifs is 3. The normalized spacial score (nSPS) is 11.2. The molecular formula is C17H11N3OS2. The number of nitrogens with zero attached hydrogens (tertiary/aromatic N) is 3. The van der Waals surface area contributed by atoms with Crippen LogP contribution in [0.5, 0.6) is 0 Å². The zero-order valence-corrected chi connectivity index (χ0v) is 13.8. The molecule has 4 rings (SSSR count). The molecule has 0 atom stereocenters. The highest BCUT2D eigenvalue weighted by Crippen LogP contribution is 2.37. The van der Waals surface area contributed by atoms with Gasteiger partial charge in [0.05, 0.1) is 11.0 Å². The average Bonchev–Trinajstić information content (AvgIpc) is 2.99. The number of benzene rings is 1. The number of carbonyl (C=O) groups is 1. The molecule has 0 unspecified atom stereocenters. The molecule has 0 spiro atoms. The molecule has 3 heterocycles. The van der Waals surface area contributed by atoms with Crippen molar-refractivity contribution < 1.29 is 4.79 Å². The molecule has 0 aliphatic heterocycles. The van der Waals surface area contributed by atoms with Crippen LogP contribution in [0.25, 0.3) is 21.8 Å². The summed E-state index contributed by atoms with van der Waals surface area (Å²) in [6.07, 6.45) is 4.38. The molecule has 0 radical (unpaired) electrons. The molecular weight excluding hydrogens is 326 g/mol. The molecule has 0 N–H and O–H groups in total. The van der Waals surface area contributed by atoms with Gasteiger partial charge >= 0.3 is 0 Å². The van der Waals surface area contributed by atoms with Crippen LogP contribution in [0.3, 0.4) is 0 Å². The summed E-state index contributed by atoms with van der Waals surface area (Å²) in [5.41, 5.74) is 1.97. The summed E-state index contributed by atoms with van der Waals surface area (Å²) in [5.74, 6) is 0. The lowest BCUT2D eigenvalue weighted by atomic mass is 10.1. The Kier molecular flexibility index (Phi) is 3.55. The molecule has 1 aromatic carbocycles. The van der Waals surface area contributed by atoms with E-state index in [9.17, 15) is 4.79 Å². The largest absolute Gasteiger partial charge is 0.296 e. The minimum Gasteiger partial charge on any atom is -0.296 e. The minimum absolute atomic E-state index is 0.409. The van der Waals surface area contributed by atoms with E-state index in [-0.39, 0.29) is 0 Å². The Balaban J connectivity index is 1.98. The smallest absolute Gasteiger partial charge is 0.168 e. The summed E-state index contributed by atoms with van der Waals surface area (Å²) in [4.78, 5) is 26.7. The van der Waals surface area contributed by atoms with E-state index >= 15 is 0 Å². The Morgan fingerprint density at radius 1 is 1.17 bits per heavy atom. The fourth-order valence-corrected chi connectivity index (χ4v) is 4.50. The standard InChI is InChI=1S/C17H11N3OS2/c1-10-8-19-17(22-10)23-14-7-12(9-21)20-16-13(14)5-4-11-3-2-6-18-15(11)16/h2-9H,1H3. The lowest BCUT2D eigenvalue weighted by Gasteiger charge is -2.07. The Hall–Kier alpha value is -2.31. The van der Waals surface area contributed by atoms with Gasteiger partial charge in [0.1, 0.15) is 5.69 Å². The third kappa shape index (κ3) is 2.60. The van der Waals surface area contributed by atoms with Gasteiger partial charge in [-0.15, -0.1) is 11.3 Å². The molecule has 3 aromatic heterocycles. The van der Waals surface area contributed by atoms with Crippen LogP contribution in [0.2, 0.25) is 0 Å². The number of hydrogen-bond donors (Lipinski definition) is 0. The molecule has 23 heavy (non-hydrogen) atoms. The Morgan fingerprint density at radius 3 is 2.87 bits per heavy atom. The summed E-state index contributed by atoms with van der Waals surface area (Å²) in [5, 5.41) is 2.00. The van der Waals surface area contributed by atoms with E-state index in [0.717, 1.165) is 42.2 Å². The van der Waals surface area contributed by atoms with Crippen molar-refractivity contribution in [3.05, 3.63) is 53.3 Å². The van der Waals surface area contributed by atoms with Crippen LogP contribution in [-0.2, 0) is 0 Å². The number of aryl methyl sites for hydroxylation is 1. The Labute approximate surface area is 140 Å². The van der Waals surface area contributed by atoms with Crippen LogP contribution >= 0.6 is 23.1 Å². The molecule has 0 fully saturated rings. The summed E-state index contributed by atoms with van der Waals surface area (Å²) >= 11 is 3.19. The highest BCUT2D eigenvalue weighted by molar-refractivity contribution is 8.01. The van der Waals surface area contributed by atoms with Gasteiger partial charge in [0.2, 0.25) is 0 Å². The number of rotatable bonds is 3. The number of aromatic nitrogens is 3. The maximum Gasteiger partial charge on any atom is 0.168 e. The molecule has 4 nitrogen and oxygen atoms in total. The quantitative estimate of drug-likeness (QED) is 0.406. The SMILES string of the molecule is Cc1cnc(Sc2cc(C=O)nc3c2ccc2cccnc23)s1. The highest BCUT2D eigenvalue weighted by Gasteiger charge is 2.12. The first kappa shape index (κ1) is 14.3. The van der Waals surface area contributed by atoms with Gasteiger partial charge in [0.25, 0.3) is 0 Å². The zero-order valence-electron chi connectivity index (χ0n) is 12.2. The molecule has 6 heteroatoms. The van der Waals surface area contributed by atoms with Crippen molar-refractivity contribution in [3.8, 4) is 0 Å². The summed E-state index contributed by atoms with van der Waals surface area (Å²) in [6, 6.07) is 9.76. The van der Waals surface area contributed by atoms with Crippen molar-refractivity contribution in [2.24, 2.45) is 0 Å². The van der Waals surface area contributed by atoms with Gasteiger partial charge in [0, 0.05) is 32.9 Å². The maximum atomic E-state index is 11.3. The van der Waals surface area contributed by atoms with E-state index in [1.54, 1.807) is 29.3 Å². The predicted molar refractivity (Wildman–Crippen MR) is 93.4 cm³/mol. The van der Waals surface area contributed by atoms with E-state index in [1.807, 2.05) is 43.5 Å². The van der Waals surface area contributed by atoms with Crippen LogP contribution < -0.4 is 0 Å². The van der Waals surface area contributed by atoms with Crippen molar-refractivity contribution >= 4 is 51.2 Å². The van der Waals surface area contributed by atoms with Gasteiger partial charge in [-0.2, -0.15) is 0 Å². The molecule has 0 aliphatic carbocycles. The maximum absolute atomic E-state index is 11.3. The van der Waals surface area contributed by atoms with E-state index in [4.69, 9.17) is 0 Å². The summed E-state index contributed by atoms with van der Waals surface area (Å²) < 4.78 is 0.952. The van der Waals surface area contributed by atoms with Gasteiger partial charge in [-0.25, -0.2) is 9.97 Å². The summed E-state index contributed by atoms with van der Waals surface area (Å²) in [7, 11) is 0. The lowest BCUT2D eigenvalue weighted by Crippen LogP contribution is -1.92. The highest BCUT2D eigenvalue weighted by atomic mass is 32.2. The zero-order chi connectivity index (χ0) is 15.8. The van der Waals surface area contributed by atoms with E-state index < -0.39 is 0 Å². The van der Waals surface area contributed by atoms with Crippen LogP contribution in [0.4, 0.5) is 0 Å². The minimum atomic E-state index is 0.409. The monoisotopic (exact) mass is 337 g/mol. The second-order valence-corrected chi connectivity index (χ2v) is 7.56. The summed E-state index contributed by atoms with van der Waals surface area (Å²) in [6.45, 7) is 2.03. The van der Waals surface area contributed by atoms with Crippen LogP contribution in [-0.4, -0.2) is 21.2 Å². The molecule has 112 valence electrons. The van der Waals surface area contributed by atoms with E-state index in [1.165, 1.54) is 0 Å². The van der Waals surface area contributed by atoms with Crippen molar-refractivity contribution in [2.45, 2.75) is 16.2 Å². The molecule has 0 amide bonds. The fourth-order valence-electron chi connectivity index (χ4n) is 2.44. The molecule has 0 bridgehead atoms. The lowest BCUT2D eigenvalue weighted by molar-refractivity contribution is 0.111. The number of aldehydes is 1. The first-order valence-corrected chi connectivity index (χ1v) is 8.62. The van der Waals surface area contributed by atoms with E-state index in [0.29, 0.717) is 5.69 Å². The topological polar surface area (TPSA) is 55.7 Å². The molecule has 0 saturated carbocycles. The van der Waals surface area contributed by atoms with Gasteiger partial charge in [0.15, 0.2) is 10.6 Å².